The van der Waals surface area contributed by atoms with Gasteiger partial charge in [0.15, 0.2) is 0 Å². The summed E-state index contributed by atoms with van der Waals surface area (Å²) >= 11 is 0. The molecule has 4 nitrogen and oxygen atoms in total. The average molecular weight is 256 g/mol. The van der Waals surface area contributed by atoms with Gasteiger partial charge in [0.1, 0.15) is 0 Å². The Hall–Kier alpha value is -1.97. The molecule has 2 aromatic rings. The Morgan fingerprint density at radius 3 is 2.42 bits per heavy atom. The third-order valence-electron chi connectivity index (χ3n) is 3.67. The van der Waals surface area contributed by atoms with Crippen LogP contribution in [0.3, 0.4) is 0 Å². The van der Waals surface area contributed by atoms with Crippen LogP contribution in [-0.2, 0) is 7.05 Å². The lowest BCUT2D eigenvalue weighted by Crippen LogP contribution is -2.29. The summed E-state index contributed by atoms with van der Waals surface area (Å²) in [6.07, 6.45) is 7.73. The molecule has 0 spiro atoms. The molecular weight excluding hydrogens is 236 g/mol. The van der Waals surface area contributed by atoms with Crippen LogP contribution < -0.4 is 10.2 Å². The van der Waals surface area contributed by atoms with Gasteiger partial charge in [-0.05, 0) is 43.5 Å². The van der Waals surface area contributed by atoms with Crippen molar-refractivity contribution in [2.75, 3.05) is 23.3 Å². The highest BCUT2D eigenvalue weighted by atomic mass is 15.2. The van der Waals surface area contributed by atoms with E-state index in [2.05, 4.69) is 39.5 Å². The number of benzene rings is 1. The Balaban J connectivity index is 1.70. The lowest BCUT2D eigenvalue weighted by atomic mass is 10.1. The second-order valence-corrected chi connectivity index (χ2v) is 5.08. The molecule has 0 amide bonds. The van der Waals surface area contributed by atoms with Gasteiger partial charge in [-0.3, -0.25) is 0 Å². The van der Waals surface area contributed by atoms with Crippen molar-refractivity contribution in [3.05, 3.63) is 36.7 Å². The van der Waals surface area contributed by atoms with Gasteiger partial charge >= 0.3 is 0 Å². The first kappa shape index (κ1) is 12.1. The quantitative estimate of drug-likeness (QED) is 0.915. The Morgan fingerprint density at radius 1 is 1.05 bits per heavy atom. The van der Waals surface area contributed by atoms with Gasteiger partial charge in [0, 0.05) is 43.9 Å². The fourth-order valence-corrected chi connectivity index (χ4v) is 2.52. The molecule has 0 unspecified atom stereocenters. The molecule has 0 aliphatic carbocycles. The molecule has 0 atom stereocenters. The van der Waals surface area contributed by atoms with Gasteiger partial charge in [0.25, 0.3) is 0 Å². The summed E-state index contributed by atoms with van der Waals surface area (Å²) in [5, 5.41) is 3.32. The zero-order valence-corrected chi connectivity index (χ0v) is 11.3. The molecule has 2 heterocycles. The van der Waals surface area contributed by atoms with Gasteiger partial charge in [-0.25, -0.2) is 4.98 Å². The van der Waals surface area contributed by atoms with E-state index in [4.69, 9.17) is 0 Å². The van der Waals surface area contributed by atoms with Gasteiger partial charge in [0.2, 0.25) is 5.95 Å². The third kappa shape index (κ3) is 2.72. The van der Waals surface area contributed by atoms with E-state index < -0.39 is 0 Å². The highest BCUT2D eigenvalue weighted by molar-refractivity contribution is 5.59. The molecule has 1 fully saturated rings. The van der Waals surface area contributed by atoms with Crippen LogP contribution in [0.25, 0.3) is 0 Å². The second-order valence-electron chi connectivity index (χ2n) is 5.08. The molecule has 1 N–H and O–H groups in total. The fourth-order valence-electron chi connectivity index (χ4n) is 2.52. The molecule has 100 valence electrons. The zero-order chi connectivity index (χ0) is 13.1. The third-order valence-corrected chi connectivity index (χ3v) is 3.67. The molecule has 1 saturated heterocycles. The van der Waals surface area contributed by atoms with Crippen molar-refractivity contribution in [2.45, 2.75) is 19.3 Å². The standard InChI is InChI=1S/C15H20N4/c1-18-12-9-16-15(18)17-13-5-7-14(8-6-13)19-10-3-2-4-11-19/h5-9,12H,2-4,10-11H2,1H3,(H,16,17). The number of imidazole rings is 1. The van der Waals surface area contributed by atoms with Crippen molar-refractivity contribution in [1.29, 1.82) is 0 Å². The van der Waals surface area contributed by atoms with E-state index >= 15 is 0 Å². The molecular formula is C15H20N4. The van der Waals surface area contributed by atoms with E-state index in [0.717, 1.165) is 11.6 Å². The van der Waals surface area contributed by atoms with Crippen LogP contribution in [0.1, 0.15) is 19.3 Å². The monoisotopic (exact) mass is 256 g/mol. The summed E-state index contributed by atoms with van der Waals surface area (Å²) in [5.41, 5.74) is 2.40. The Bertz CT molecular complexity index is 523. The molecule has 4 heteroatoms. The first-order chi connectivity index (χ1) is 9.33. The summed E-state index contributed by atoms with van der Waals surface area (Å²) in [6, 6.07) is 8.63. The zero-order valence-electron chi connectivity index (χ0n) is 11.3. The number of aromatic nitrogens is 2. The number of hydrogen-bond acceptors (Lipinski definition) is 3. The van der Waals surface area contributed by atoms with Crippen LogP contribution in [0.5, 0.6) is 0 Å². The number of piperidine rings is 1. The lowest BCUT2D eigenvalue weighted by molar-refractivity contribution is 0.578. The molecule has 0 saturated carbocycles. The summed E-state index contributed by atoms with van der Waals surface area (Å²) in [4.78, 5) is 6.73. The van der Waals surface area contributed by atoms with Gasteiger partial charge in [-0.2, -0.15) is 0 Å². The van der Waals surface area contributed by atoms with E-state index in [1.54, 1.807) is 6.20 Å². The largest absolute Gasteiger partial charge is 0.372 e. The first-order valence-electron chi connectivity index (χ1n) is 6.92. The summed E-state index contributed by atoms with van der Waals surface area (Å²) in [7, 11) is 1.98. The second kappa shape index (κ2) is 5.34. The minimum Gasteiger partial charge on any atom is -0.372 e. The fraction of sp³-hybridized carbons (Fsp3) is 0.400. The Labute approximate surface area is 114 Å². The summed E-state index contributed by atoms with van der Waals surface area (Å²) in [6.45, 7) is 2.37. The van der Waals surface area contributed by atoms with Crippen molar-refractivity contribution in [2.24, 2.45) is 7.05 Å². The van der Waals surface area contributed by atoms with Crippen molar-refractivity contribution < 1.29 is 0 Å². The van der Waals surface area contributed by atoms with E-state index in [1.165, 1.54) is 38.0 Å². The minimum absolute atomic E-state index is 0.866. The lowest BCUT2D eigenvalue weighted by Gasteiger charge is -2.28. The Morgan fingerprint density at radius 2 is 1.79 bits per heavy atom. The Kier molecular flexibility index (Phi) is 3.40. The summed E-state index contributed by atoms with van der Waals surface area (Å²) < 4.78 is 1.97. The minimum atomic E-state index is 0.866. The maximum atomic E-state index is 4.26. The van der Waals surface area contributed by atoms with E-state index in [0.29, 0.717) is 0 Å². The number of anilines is 3. The number of hydrogen-bond donors (Lipinski definition) is 1. The van der Waals surface area contributed by atoms with E-state index in [9.17, 15) is 0 Å². The van der Waals surface area contributed by atoms with Gasteiger partial charge in [-0.15, -0.1) is 0 Å². The highest BCUT2D eigenvalue weighted by Crippen LogP contribution is 2.23. The average Bonchev–Trinajstić information content (AvgIpc) is 2.86. The number of nitrogens with zero attached hydrogens (tertiary/aromatic N) is 3. The predicted octanol–water partition coefficient (Wildman–Crippen LogP) is 3.15. The molecule has 1 aliphatic heterocycles. The van der Waals surface area contributed by atoms with Crippen molar-refractivity contribution in [3.8, 4) is 0 Å². The van der Waals surface area contributed by atoms with Crippen LogP contribution in [-0.4, -0.2) is 22.6 Å². The normalized spacial score (nSPS) is 15.5. The molecule has 1 aromatic carbocycles. The molecule has 1 aliphatic rings. The topological polar surface area (TPSA) is 33.1 Å². The molecule has 0 radical (unpaired) electrons. The number of rotatable bonds is 3. The molecule has 19 heavy (non-hydrogen) atoms. The van der Waals surface area contributed by atoms with Crippen LogP contribution >= 0.6 is 0 Å². The number of nitrogens with one attached hydrogen (secondary N) is 1. The maximum absolute atomic E-state index is 4.26. The molecule has 0 bridgehead atoms. The van der Waals surface area contributed by atoms with Crippen LogP contribution in [0, 0.1) is 0 Å². The van der Waals surface area contributed by atoms with Crippen LogP contribution in [0.15, 0.2) is 36.7 Å². The predicted molar refractivity (Wildman–Crippen MR) is 79.0 cm³/mol. The van der Waals surface area contributed by atoms with Gasteiger partial charge in [0.05, 0.1) is 0 Å². The molecule has 3 rings (SSSR count). The van der Waals surface area contributed by atoms with Crippen LogP contribution in [0.4, 0.5) is 17.3 Å². The smallest absolute Gasteiger partial charge is 0.207 e. The SMILES string of the molecule is Cn1ccnc1Nc1ccc(N2CCCCC2)cc1. The maximum Gasteiger partial charge on any atom is 0.207 e. The van der Waals surface area contributed by atoms with Crippen molar-refractivity contribution in [1.82, 2.24) is 9.55 Å². The summed E-state index contributed by atoms with van der Waals surface area (Å²) in [5.74, 6) is 0.866. The number of aryl methyl sites for hydroxylation is 1. The van der Waals surface area contributed by atoms with E-state index in [1.807, 2.05) is 17.8 Å². The van der Waals surface area contributed by atoms with Crippen LogP contribution in [0.2, 0.25) is 0 Å². The van der Waals surface area contributed by atoms with E-state index in [-0.39, 0.29) is 0 Å². The van der Waals surface area contributed by atoms with Crippen molar-refractivity contribution >= 4 is 17.3 Å². The highest BCUT2D eigenvalue weighted by Gasteiger charge is 2.10. The molecule has 1 aromatic heterocycles. The van der Waals surface area contributed by atoms with Crippen molar-refractivity contribution in [3.63, 3.8) is 0 Å². The first-order valence-corrected chi connectivity index (χ1v) is 6.92. The van der Waals surface area contributed by atoms with Gasteiger partial charge in [-0.1, -0.05) is 0 Å². The van der Waals surface area contributed by atoms with Gasteiger partial charge < -0.3 is 14.8 Å².